The molecule has 1 aliphatic rings. The third-order valence-corrected chi connectivity index (χ3v) is 3.20. The summed E-state index contributed by atoms with van der Waals surface area (Å²) in [6.07, 6.45) is 0. The zero-order chi connectivity index (χ0) is 15.9. The van der Waals surface area contributed by atoms with Crippen LogP contribution in [-0.2, 0) is 4.79 Å². The van der Waals surface area contributed by atoms with Gasteiger partial charge in [0.1, 0.15) is 0 Å². The number of carbonyl (C=O) groups is 3. The lowest BCUT2D eigenvalue weighted by Crippen LogP contribution is -2.51. The van der Waals surface area contributed by atoms with Crippen molar-refractivity contribution >= 4 is 23.6 Å². The van der Waals surface area contributed by atoms with Gasteiger partial charge in [0.05, 0.1) is 12.1 Å². The first kappa shape index (κ1) is 15.8. The highest BCUT2D eigenvalue weighted by atomic mass is 16.4. The summed E-state index contributed by atoms with van der Waals surface area (Å²) in [5.41, 5.74) is 0.462. The van der Waals surface area contributed by atoms with E-state index in [1.807, 2.05) is 0 Å². The minimum atomic E-state index is -1.07. The second-order valence-corrected chi connectivity index (χ2v) is 4.83. The van der Waals surface area contributed by atoms with Crippen molar-refractivity contribution in [2.75, 3.05) is 38.0 Å². The molecule has 1 saturated heterocycles. The van der Waals surface area contributed by atoms with Gasteiger partial charge in [0.2, 0.25) is 5.91 Å². The molecule has 1 fully saturated rings. The fraction of sp³-hybridized carbons (Fsp3) is 0.357. The molecule has 1 aliphatic heterocycles. The quantitative estimate of drug-likeness (QED) is 0.623. The summed E-state index contributed by atoms with van der Waals surface area (Å²) >= 11 is 0. The third kappa shape index (κ3) is 4.45. The Hall–Kier alpha value is -2.61. The average Bonchev–Trinajstić information content (AvgIpc) is 2.53. The van der Waals surface area contributed by atoms with Crippen LogP contribution in [0.2, 0.25) is 0 Å². The van der Waals surface area contributed by atoms with Crippen LogP contribution >= 0.6 is 0 Å². The van der Waals surface area contributed by atoms with E-state index in [-0.39, 0.29) is 18.1 Å². The molecule has 0 bridgehead atoms. The largest absolute Gasteiger partial charge is 0.478 e. The third-order valence-electron chi connectivity index (χ3n) is 3.20. The van der Waals surface area contributed by atoms with Gasteiger partial charge in [-0.25, -0.2) is 9.59 Å². The fourth-order valence-electron chi connectivity index (χ4n) is 2.07. The van der Waals surface area contributed by atoms with Crippen molar-refractivity contribution in [2.45, 2.75) is 0 Å². The van der Waals surface area contributed by atoms with E-state index in [2.05, 4.69) is 16.0 Å². The highest BCUT2D eigenvalue weighted by molar-refractivity contribution is 5.96. The smallest absolute Gasteiger partial charge is 0.335 e. The highest BCUT2D eigenvalue weighted by Crippen LogP contribution is 2.10. The van der Waals surface area contributed by atoms with E-state index >= 15 is 0 Å². The summed E-state index contributed by atoms with van der Waals surface area (Å²) < 4.78 is 0. The van der Waals surface area contributed by atoms with E-state index in [9.17, 15) is 14.4 Å². The Kier molecular flexibility index (Phi) is 5.31. The summed E-state index contributed by atoms with van der Waals surface area (Å²) in [7, 11) is 0. The first-order valence-corrected chi connectivity index (χ1v) is 6.93. The molecule has 1 heterocycles. The van der Waals surface area contributed by atoms with E-state index in [0.717, 1.165) is 13.1 Å². The van der Waals surface area contributed by atoms with E-state index in [4.69, 9.17) is 5.11 Å². The first-order chi connectivity index (χ1) is 10.6. The number of amides is 3. The number of nitrogens with zero attached hydrogens (tertiary/aromatic N) is 1. The highest BCUT2D eigenvalue weighted by Gasteiger charge is 2.16. The number of aromatic carboxylic acids is 1. The first-order valence-electron chi connectivity index (χ1n) is 6.93. The van der Waals surface area contributed by atoms with Crippen LogP contribution in [0.4, 0.5) is 10.5 Å². The number of benzene rings is 1. The molecule has 0 spiro atoms. The number of carbonyl (C=O) groups excluding carboxylic acids is 2. The molecule has 0 unspecified atom stereocenters. The Bertz CT molecular complexity index is 570. The maximum Gasteiger partial charge on any atom is 0.335 e. The number of carboxylic acids is 1. The monoisotopic (exact) mass is 306 g/mol. The minimum Gasteiger partial charge on any atom is -0.478 e. The van der Waals surface area contributed by atoms with E-state index in [1.165, 1.54) is 12.1 Å². The second-order valence-electron chi connectivity index (χ2n) is 4.83. The van der Waals surface area contributed by atoms with Crippen molar-refractivity contribution in [2.24, 2.45) is 0 Å². The summed E-state index contributed by atoms with van der Waals surface area (Å²) in [6.45, 7) is 2.52. The van der Waals surface area contributed by atoms with Crippen LogP contribution in [0.1, 0.15) is 10.4 Å². The van der Waals surface area contributed by atoms with E-state index in [1.54, 1.807) is 17.0 Å². The summed E-state index contributed by atoms with van der Waals surface area (Å²) in [5, 5.41) is 17.1. The molecule has 3 amide bonds. The number of hydrogen-bond acceptors (Lipinski definition) is 4. The Morgan fingerprint density at radius 3 is 2.64 bits per heavy atom. The number of rotatable bonds is 4. The van der Waals surface area contributed by atoms with Crippen molar-refractivity contribution < 1.29 is 19.5 Å². The van der Waals surface area contributed by atoms with Gasteiger partial charge in [-0.05, 0) is 18.2 Å². The van der Waals surface area contributed by atoms with Crippen LogP contribution < -0.4 is 16.0 Å². The molecule has 0 aromatic heterocycles. The predicted octanol–water partition coefficient (Wildman–Crippen LogP) is -0.0619. The summed E-state index contributed by atoms with van der Waals surface area (Å²) in [6, 6.07) is 5.64. The van der Waals surface area contributed by atoms with Gasteiger partial charge in [0, 0.05) is 31.9 Å². The Balaban J connectivity index is 1.81. The molecular formula is C14H18N4O4. The topological polar surface area (TPSA) is 111 Å². The number of urea groups is 1. The Morgan fingerprint density at radius 1 is 1.23 bits per heavy atom. The van der Waals surface area contributed by atoms with Crippen LogP contribution in [0.25, 0.3) is 0 Å². The average molecular weight is 306 g/mol. The predicted molar refractivity (Wildman–Crippen MR) is 79.9 cm³/mol. The van der Waals surface area contributed by atoms with Gasteiger partial charge in [-0.2, -0.15) is 0 Å². The van der Waals surface area contributed by atoms with Gasteiger partial charge in [-0.15, -0.1) is 0 Å². The molecule has 0 aliphatic carbocycles. The van der Waals surface area contributed by atoms with E-state index in [0.29, 0.717) is 18.8 Å². The molecule has 1 aromatic carbocycles. The van der Waals surface area contributed by atoms with Gasteiger partial charge in [-0.3, -0.25) is 4.79 Å². The molecule has 2 rings (SSSR count). The van der Waals surface area contributed by atoms with Gasteiger partial charge in [0.15, 0.2) is 0 Å². The number of carboxylic acid groups (broad SMARTS) is 1. The lowest BCUT2D eigenvalue weighted by Gasteiger charge is -2.27. The lowest BCUT2D eigenvalue weighted by atomic mass is 10.2. The zero-order valence-electron chi connectivity index (χ0n) is 12.0. The number of anilines is 1. The fourth-order valence-corrected chi connectivity index (χ4v) is 2.07. The van der Waals surface area contributed by atoms with Crippen molar-refractivity contribution in [1.82, 2.24) is 15.5 Å². The van der Waals surface area contributed by atoms with Crippen molar-refractivity contribution in [1.29, 1.82) is 0 Å². The molecule has 118 valence electrons. The normalized spacial score (nSPS) is 14.3. The summed E-state index contributed by atoms with van der Waals surface area (Å²) in [5.74, 6) is -1.48. The van der Waals surface area contributed by atoms with Crippen molar-refractivity contribution in [3.63, 3.8) is 0 Å². The molecule has 4 N–H and O–H groups in total. The molecule has 0 radical (unpaired) electrons. The maximum atomic E-state index is 11.8. The molecule has 8 nitrogen and oxygen atoms in total. The van der Waals surface area contributed by atoms with Crippen molar-refractivity contribution in [3.8, 4) is 0 Å². The van der Waals surface area contributed by atoms with Gasteiger partial charge in [-0.1, -0.05) is 6.07 Å². The second kappa shape index (κ2) is 7.41. The van der Waals surface area contributed by atoms with Crippen LogP contribution in [0.5, 0.6) is 0 Å². The standard InChI is InChI=1S/C14H18N4O4/c19-12(9-16-14(22)18-6-4-15-5-7-18)17-11-3-1-2-10(8-11)13(20)21/h1-3,8,15H,4-7,9H2,(H,16,22)(H,17,19)(H,20,21). The molecular weight excluding hydrogens is 288 g/mol. The molecule has 0 atom stereocenters. The molecule has 0 saturated carbocycles. The molecule has 1 aromatic rings. The van der Waals surface area contributed by atoms with Gasteiger partial charge in [0.25, 0.3) is 0 Å². The molecule has 8 heteroatoms. The van der Waals surface area contributed by atoms with Gasteiger partial charge >= 0.3 is 12.0 Å². The van der Waals surface area contributed by atoms with Gasteiger partial charge < -0.3 is 26.0 Å². The number of piperazine rings is 1. The Morgan fingerprint density at radius 2 is 1.95 bits per heavy atom. The van der Waals surface area contributed by atoms with E-state index < -0.39 is 11.9 Å². The number of nitrogens with one attached hydrogen (secondary N) is 3. The number of hydrogen-bond donors (Lipinski definition) is 4. The van der Waals surface area contributed by atoms with Crippen molar-refractivity contribution in [3.05, 3.63) is 29.8 Å². The zero-order valence-corrected chi connectivity index (χ0v) is 12.0. The van der Waals surface area contributed by atoms with Crippen LogP contribution in [0.3, 0.4) is 0 Å². The lowest BCUT2D eigenvalue weighted by molar-refractivity contribution is -0.115. The summed E-state index contributed by atoms with van der Waals surface area (Å²) in [4.78, 5) is 36.1. The van der Waals surface area contributed by atoms with Crippen LogP contribution in [0.15, 0.2) is 24.3 Å². The Labute approximate surface area is 127 Å². The SMILES string of the molecule is O=C(CNC(=O)N1CCNCC1)Nc1cccc(C(=O)O)c1. The van der Waals surface area contributed by atoms with Crippen LogP contribution in [-0.4, -0.2) is 60.6 Å². The van der Waals surface area contributed by atoms with Crippen LogP contribution in [0, 0.1) is 0 Å². The minimum absolute atomic E-state index is 0.0858. The molecule has 22 heavy (non-hydrogen) atoms. The maximum absolute atomic E-state index is 11.8.